The van der Waals surface area contributed by atoms with E-state index < -0.39 is 11.9 Å². The van der Waals surface area contributed by atoms with Crippen molar-refractivity contribution < 1.29 is 18.8 Å². The van der Waals surface area contributed by atoms with E-state index in [-0.39, 0.29) is 43.4 Å². The highest BCUT2D eigenvalue weighted by molar-refractivity contribution is 7.12. The first-order valence-electron chi connectivity index (χ1n) is 9.80. The van der Waals surface area contributed by atoms with Crippen LogP contribution in [-0.2, 0) is 16.6 Å². The summed E-state index contributed by atoms with van der Waals surface area (Å²) in [6.07, 6.45) is 3.48. The first kappa shape index (κ1) is 22.4. The summed E-state index contributed by atoms with van der Waals surface area (Å²) in [5.74, 6) is -0.682. The molecule has 0 bridgehead atoms. The third-order valence-corrected chi connectivity index (χ3v) is 5.60. The van der Waals surface area contributed by atoms with Crippen LogP contribution in [0.1, 0.15) is 46.4 Å². The second-order valence-electron chi connectivity index (χ2n) is 6.92. The molecule has 0 aliphatic heterocycles. The molecule has 0 saturated heterocycles. The van der Waals surface area contributed by atoms with Gasteiger partial charge < -0.3 is 15.2 Å². The number of amides is 2. The van der Waals surface area contributed by atoms with Crippen molar-refractivity contribution >= 4 is 28.9 Å². The first-order chi connectivity index (χ1) is 15.0. The van der Waals surface area contributed by atoms with Crippen LogP contribution in [0.25, 0.3) is 0 Å². The van der Waals surface area contributed by atoms with Crippen molar-refractivity contribution in [1.82, 2.24) is 20.2 Å². The number of thiophene rings is 1. The lowest BCUT2D eigenvalue weighted by Gasteiger charge is -2.19. The van der Waals surface area contributed by atoms with E-state index in [1.807, 2.05) is 5.38 Å². The van der Waals surface area contributed by atoms with E-state index in [1.165, 1.54) is 17.4 Å². The molecule has 3 aromatic rings. The Balaban J connectivity index is 1.51. The zero-order valence-corrected chi connectivity index (χ0v) is 17.8. The standard InChI is InChI=1S/C22H23FN4O3S/c1-27-13-12-25-22(27)21(15-5-2-3-6-16(15)23)26-20(30)10-11-24-19(29)9-8-17(28)18-7-4-14-31-18/h2-7,12-14,21H,8-11H2,1H3,(H,24,29)(H,26,30). The second-order valence-corrected chi connectivity index (χ2v) is 7.87. The second kappa shape index (κ2) is 10.6. The third-order valence-electron chi connectivity index (χ3n) is 4.69. The number of ketones is 1. The number of rotatable bonds is 10. The maximum atomic E-state index is 14.4. The molecule has 31 heavy (non-hydrogen) atoms. The molecule has 3 rings (SSSR count). The molecule has 0 aliphatic carbocycles. The summed E-state index contributed by atoms with van der Waals surface area (Å²) in [7, 11) is 1.76. The SMILES string of the molecule is Cn1ccnc1C(NC(=O)CCNC(=O)CCC(=O)c1cccs1)c1ccccc1F. The average molecular weight is 443 g/mol. The molecular weight excluding hydrogens is 419 g/mol. The molecule has 2 amide bonds. The van der Waals surface area contributed by atoms with Gasteiger partial charge in [0.1, 0.15) is 17.7 Å². The predicted octanol–water partition coefficient (Wildman–Crippen LogP) is 3.00. The molecule has 0 aliphatic rings. The van der Waals surface area contributed by atoms with Crippen LogP contribution in [0, 0.1) is 5.82 Å². The Bertz CT molecular complexity index is 1050. The summed E-state index contributed by atoms with van der Waals surface area (Å²) in [5.41, 5.74) is 0.307. The molecule has 1 atom stereocenters. The number of aryl methyl sites for hydroxylation is 1. The molecule has 9 heteroatoms. The summed E-state index contributed by atoms with van der Waals surface area (Å²) in [5, 5.41) is 7.25. The van der Waals surface area contributed by atoms with E-state index in [9.17, 15) is 18.8 Å². The van der Waals surface area contributed by atoms with E-state index in [4.69, 9.17) is 0 Å². The van der Waals surface area contributed by atoms with Crippen LogP contribution in [0.2, 0.25) is 0 Å². The molecule has 0 spiro atoms. The van der Waals surface area contributed by atoms with E-state index >= 15 is 0 Å². The van der Waals surface area contributed by atoms with Gasteiger partial charge in [0.25, 0.3) is 0 Å². The molecule has 0 fully saturated rings. The minimum absolute atomic E-state index is 0.0139. The Morgan fingerprint density at radius 3 is 2.58 bits per heavy atom. The fraction of sp³-hybridized carbons (Fsp3) is 0.273. The van der Waals surface area contributed by atoms with Crippen molar-refractivity contribution in [3.05, 3.63) is 76.3 Å². The highest BCUT2D eigenvalue weighted by Gasteiger charge is 2.23. The summed E-state index contributed by atoms with van der Waals surface area (Å²) >= 11 is 1.34. The first-order valence-corrected chi connectivity index (χ1v) is 10.7. The van der Waals surface area contributed by atoms with E-state index in [2.05, 4.69) is 15.6 Å². The van der Waals surface area contributed by atoms with Crippen LogP contribution in [0.4, 0.5) is 4.39 Å². The Hall–Kier alpha value is -3.33. The molecule has 0 radical (unpaired) electrons. The maximum Gasteiger partial charge on any atom is 0.222 e. The molecule has 7 nitrogen and oxygen atoms in total. The summed E-state index contributed by atoms with van der Waals surface area (Å²) in [6.45, 7) is 0.114. The number of nitrogens with zero attached hydrogens (tertiary/aromatic N) is 2. The summed E-state index contributed by atoms with van der Waals surface area (Å²) < 4.78 is 16.1. The Labute approximate surface area is 183 Å². The molecule has 0 saturated carbocycles. The van der Waals surface area contributed by atoms with Gasteiger partial charge in [0, 0.05) is 50.8 Å². The number of Topliss-reactive ketones (excluding diaryl/α,β-unsaturated/α-hetero) is 1. The van der Waals surface area contributed by atoms with Gasteiger partial charge in [-0.05, 0) is 17.5 Å². The van der Waals surface area contributed by atoms with Gasteiger partial charge in [0.15, 0.2) is 5.78 Å². The fourth-order valence-electron chi connectivity index (χ4n) is 3.07. The lowest BCUT2D eigenvalue weighted by atomic mass is 10.1. The topological polar surface area (TPSA) is 93.1 Å². The average Bonchev–Trinajstić information content (AvgIpc) is 3.43. The normalized spacial score (nSPS) is 11.7. The zero-order valence-electron chi connectivity index (χ0n) is 17.0. The highest BCUT2D eigenvalue weighted by atomic mass is 32.1. The van der Waals surface area contributed by atoms with Crippen LogP contribution in [0.15, 0.2) is 54.2 Å². The number of carbonyl (C=O) groups is 3. The lowest BCUT2D eigenvalue weighted by molar-refractivity contribution is -0.122. The summed E-state index contributed by atoms with van der Waals surface area (Å²) in [6, 6.07) is 8.95. The summed E-state index contributed by atoms with van der Waals surface area (Å²) in [4.78, 5) is 41.2. The number of carbonyl (C=O) groups excluding carboxylic acids is 3. The maximum absolute atomic E-state index is 14.4. The third kappa shape index (κ3) is 6.08. The van der Waals surface area contributed by atoms with Crippen LogP contribution in [0.5, 0.6) is 0 Å². The van der Waals surface area contributed by atoms with Crippen molar-refractivity contribution in [2.75, 3.05) is 6.54 Å². The minimum atomic E-state index is -0.757. The lowest BCUT2D eigenvalue weighted by Crippen LogP contribution is -2.34. The molecule has 2 N–H and O–H groups in total. The van der Waals surface area contributed by atoms with Crippen molar-refractivity contribution in [3.63, 3.8) is 0 Å². The predicted molar refractivity (Wildman–Crippen MR) is 115 cm³/mol. The van der Waals surface area contributed by atoms with Crippen molar-refractivity contribution in [1.29, 1.82) is 0 Å². The fourth-order valence-corrected chi connectivity index (χ4v) is 3.76. The smallest absolute Gasteiger partial charge is 0.222 e. The van der Waals surface area contributed by atoms with Gasteiger partial charge >= 0.3 is 0 Å². The Kier molecular flexibility index (Phi) is 7.66. The van der Waals surface area contributed by atoms with Crippen LogP contribution < -0.4 is 10.6 Å². The monoisotopic (exact) mass is 442 g/mol. The highest BCUT2D eigenvalue weighted by Crippen LogP contribution is 2.23. The number of halogens is 1. The van der Waals surface area contributed by atoms with Gasteiger partial charge in [0.2, 0.25) is 11.8 Å². The molecule has 1 unspecified atom stereocenters. The van der Waals surface area contributed by atoms with Crippen molar-refractivity contribution in [2.24, 2.45) is 7.05 Å². The van der Waals surface area contributed by atoms with Gasteiger partial charge in [-0.2, -0.15) is 0 Å². The number of hydrogen-bond donors (Lipinski definition) is 2. The largest absolute Gasteiger partial charge is 0.356 e. The number of imidazole rings is 1. The van der Waals surface area contributed by atoms with Gasteiger partial charge in [-0.1, -0.05) is 24.3 Å². The van der Waals surface area contributed by atoms with Crippen LogP contribution in [-0.4, -0.2) is 33.7 Å². The van der Waals surface area contributed by atoms with Gasteiger partial charge in [-0.15, -0.1) is 11.3 Å². The molecule has 2 heterocycles. The molecule has 2 aromatic heterocycles. The number of nitrogens with one attached hydrogen (secondary N) is 2. The number of aromatic nitrogens is 2. The Morgan fingerprint density at radius 2 is 1.90 bits per heavy atom. The minimum Gasteiger partial charge on any atom is -0.356 e. The molecule has 1 aromatic carbocycles. The van der Waals surface area contributed by atoms with E-state index in [0.717, 1.165) is 0 Å². The van der Waals surface area contributed by atoms with E-state index in [1.54, 1.807) is 54.3 Å². The Morgan fingerprint density at radius 1 is 1.10 bits per heavy atom. The van der Waals surface area contributed by atoms with Gasteiger partial charge in [-0.25, -0.2) is 9.37 Å². The van der Waals surface area contributed by atoms with Crippen LogP contribution in [0.3, 0.4) is 0 Å². The zero-order chi connectivity index (χ0) is 22.2. The molecule has 162 valence electrons. The van der Waals surface area contributed by atoms with Crippen molar-refractivity contribution in [3.8, 4) is 0 Å². The molecular formula is C22H23FN4O3S. The number of hydrogen-bond acceptors (Lipinski definition) is 5. The van der Waals surface area contributed by atoms with Crippen LogP contribution >= 0.6 is 11.3 Å². The van der Waals surface area contributed by atoms with Gasteiger partial charge in [-0.3, -0.25) is 14.4 Å². The quantitative estimate of drug-likeness (QED) is 0.472. The van der Waals surface area contributed by atoms with E-state index in [0.29, 0.717) is 16.3 Å². The number of benzene rings is 1. The van der Waals surface area contributed by atoms with Crippen molar-refractivity contribution in [2.45, 2.75) is 25.3 Å². The van der Waals surface area contributed by atoms with Gasteiger partial charge in [0.05, 0.1) is 4.88 Å².